The number of fused-ring (bicyclic) bond motifs is 1. The molecule has 3 aromatic heterocycles. The van der Waals surface area contributed by atoms with Crippen LogP contribution in [0.5, 0.6) is 0 Å². The number of carbonyl (C=O) groups is 1. The average Bonchev–Trinajstić information content (AvgIpc) is 3.12. The second-order valence-electron chi connectivity index (χ2n) is 6.08. The number of nitrogens with zero attached hydrogens (tertiary/aromatic N) is 3. The molecule has 132 valence electrons. The van der Waals surface area contributed by atoms with Gasteiger partial charge in [0.1, 0.15) is 11.7 Å². The Kier molecular flexibility index (Phi) is 5.13. The summed E-state index contributed by atoms with van der Waals surface area (Å²) in [6, 6.07) is 7.66. The molecule has 7 heteroatoms. The second-order valence-corrected chi connectivity index (χ2v) is 6.08. The lowest BCUT2D eigenvalue weighted by molar-refractivity contribution is 0.0951. The zero-order valence-corrected chi connectivity index (χ0v) is 14.7. The number of pyridine rings is 2. The number of carbonyl (C=O) groups excluding carboxylic acids is 1. The van der Waals surface area contributed by atoms with Crippen molar-refractivity contribution in [1.82, 2.24) is 20.3 Å². The number of nitrogens with one attached hydrogen (secondary N) is 3. The second kappa shape index (κ2) is 7.66. The molecule has 3 heterocycles. The van der Waals surface area contributed by atoms with Gasteiger partial charge in [0.25, 0.3) is 5.91 Å². The molecule has 0 aliphatic heterocycles. The van der Waals surface area contributed by atoms with Crippen LogP contribution in [0.3, 0.4) is 0 Å². The van der Waals surface area contributed by atoms with Crippen molar-refractivity contribution in [3.8, 4) is 6.07 Å². The van der Waals surface area contributed by atoms with Gasteiger partial charge in [0.2, 0.25) is 0 Å². The van der Waals surface area contributed by atoms with E-state index in [9.17, 15) is 10.1 Å². The van der Waals surface area contributed by atoms with E-state index in [2.05, 4.69) is 31.7 Å². The zero-order chi connectivity index (χ0) is 18.5. The van der Waals surface area contributed by atoms with Crippen LogP contribution >= 0.6 is 0 Å². The van der Waals surface area contributed by atoms with Crippen molar-refractivity contribution in [2.24, 2.45) is 0 Å². The number of aryl methyl sites for hydroxylation is 1. The normalized spacial score (nSPS) is 11.7. The molecule has 1 amide bonds. The Bertz CT molecular complexity index is 972. The summed E-state index contributed by atoms with van der Waals surface area (Å²) in [5.74, 6) is -0.174. The molecule has 0 spiro atoms. The topological polar surface area (TPSA) is 106 Å². The number of hydrogen-bond donors (Lipinski definition) is 3. The third-order valence-electron chi connectivity index (χ3n) is 4.18. The van der Waals surface area contributed by atoms with Crippen molar-refractivity contribution < 1.29 is 4.79 Å². The Morgan fingerprint density at radius 1 is 1.35 bits per heavy atom. The highest BCUT2D eigenvalue weighted by atomic mass is 16.1. The first-order valence-electron chi connectivity index (χ1n) is 8.45. The summed E-state index contributed by atoms with van der Waals surface area (Å²) in [6.07, 6.45) is 5.70. The average molecular weight is 348 g/mol. The minimum absolute atomic E-state index is 0.00296. The molecule has 0 bridgehead atoms. The Balaban J connectivity index is 1.66. The van der Waals surface area contributed by atoms with Crippen molar-refractivity contribution in [2.45, 2.75) is 26.3 Å². The summed E-state index contributed by atoms with van der Waals surface area (Å²) in [7, 11) is 0. The highest BCUT2D eigenvalue weighted by Gasteiger charge is 2.13. The van der Waals surface area contributed by atoms with E-state index in [4.69, 9.17) is 0 Å². The van der Waals surface area contributed by atoms with E-state index in [-0.39, 0.29) is 11.9 Å². The minimum atomic E-state index is -0.174. The molecule has 7 nitrogen and oxygen atoms in total. The summed E-state index contributed by atoms with van der Waals surface area (Å²) in [5.41, 5.74) is 3.33. The van der Waals surface area contributed by atoms with Crippen molar-refractivity contribution >= 4 is 22.6 Å². The smallest absolute Gasteiger partial charge is 0.252 e. The third kappa shape index (κ3) is 3.81. The third-order valence-corrected chi connectivity index (χ3v) is 4.18. The number of aromatic amines is 1. The number of amides is 1. The Hall–Kier alpha value is -3.40. The van der Waals surface area contributed by atoms with Gasteiger partial charge in [0, 0.05) is 42.3 Å². The van der Waals surface area contributed by atoms with Gasteiger partial charge >= 0.3 is 0 Å². The molecule has 26 heavy (non-hydrogen) atoms. The van der Waals surface area contributed by atoms with E-state index in [1.807, 2.05) is 32.0 Å². The molecule has 1 unspecified atom stereocenters. The van der Waals surface area contributed by atoms with Crippen LogP contribution in [0.15, 0.2) is 36.8 Å². The maximum atomic E-state index is 12.4. The number of hydrogen-bond acceptors (Lipinski definition) is 5. The summed E-state index contributed by atoms with van der Waals surface area (Å²) in [6.45, 7) is 4.34. The predicted octanol–water partition coefficient (Wildman–Crippen LogP) is 2.76. The number of nitriles is 1. The van der Waals surface area contributed by atoms with E-state index in [1.54, 1.807) is 18.6 Å². The first kappa shape index (κ1) is 17.4. The first-order valence-corrected chi connectivity index (χ1v) is 8.45. The van der Waals surface area contributed by atoms with E-state index >= 15 is 0 Å². The van der Waals surface area contributed by atoms with Crippen LogP contribution in [-0.2, 0) is 0 Å². The van der Waals surface area contributed by atoms with Crippen LogP contribution in [0.25, 0.3) is 11.0 Å². The monoisotopic (exact) mass is 348 g/mol. The van der Waals surface area contributed by atoms with Gasteiger partial charge in [-0.05, 0) is 31.5 Å². The minimum Gasteiger partial charge on any atom is -0.379 e. The van der Waals surface area contributed by atoms with Crippen molar-refractivity contribution in [1.29, 1.82) is 5.26 Å². The predicted molar refractivity (Wildman–Crippen MR) is 99.8 cm³/mol. The number of H-pyrrole nitrogens is 1. The molecule has 0 aromatic carbocycles. The van der Waals surface area contributed by atoms with Gasteiger partial charge in [-0.1, -0.05) is 6.92 Å². The standard InChI is InChI=1S/C19H20N6O/c1-3-16(25-17-6-12(2)22-10-15(17)8-20)11-24-19(26)14-7-13-4-5-21-18(13)23-9-14/h4-7,9-10,16H,3,11H2,1-2H3,(H,21,23)(H,22,25)(H,24,26). The Morgan fingerprint density at radius 3 is 2.96 bits per heavy atom. The SMILES string of the molecule is CCC(CNC(=O)c1cnc2[nH]ccc2c1)Nc1cc(C)ncc1C#N. The number of aromatic nitrogens is 3. The van der Waals surface area contributed by atoms with E-state index in [0.717, 1.165) is 28.8 Å². The van der Waals surface area contributed by atoms with E-state index in [0.29, 0.717) is 17.7 Å². The van der Waals surface area contributed by atoms with E-state index in [1.165, 1.54) is 0 Å². The fourth-order valence-electron chi connectivity index (χ4n) is 2.67. The molecule has 0 saturated carbocycles. The van der Waals surface area contributed by atoms with Crippen LogP contribution in [0.1, 0.15) is 35.0 Å². The molecule has 0 radical (unpaired) electrons. The number of anilines is 1. The lowest BCUT2D eigenvalue weighted by Gasteiger charge is -2.20. The molecule has 0 saturated heterocycles. The number of rotatable bonds is 6. The largest absolute Gasteiger partial charge is 0.379 e. The molecular weight excluding hydrogens is 328 g/mol. The fourth-order valence-corrected chi connectivity index (χ4v) is 2.67. The van der Waals surface area contributed by atoms with Gasteiger partial charge in [-0.25, -0.2) is 4.98 Å². The van der Waals surface area contributed by atoms with Crippen molar-refractivity contribution in [3.05, 3.63) is 53.6 Å². The maximum Gasteiger partial charge on any atom is 0.252 e. The van der Waals surface area contributed by atoms with Crippen molar-refractivity contribution in [3.63, 3.8) is 0 Å². The highest BCUT2D eigenvalue weighted by Crippen LogP contribution is 2.16. The molecule has 0 fully saturated rings. The van der Waals surface area contributed by atoms with Gasteiger partial charge < -0.3 is 15.6 Å². The quantitative estimate of drug-likeness (QED) is 0.635. The molecule has 0 aliphatic rings. The van der Waals surface area contributed by atoms with Crippen LogP contribution in [0.2, 0.25) is 0 Å². The first-order chi connectivity index (χ1) is 12.6. The van der Waals surface area contributed by atoms with Crippen LogP contribution in [0.4, 0.5) is 5.69 Å². The van der Waals surface area contributed by atoms with E-state index < -0.39 is 0 Å². The zero-order valence-electron chi connectivity index (χ0n) is 14.7. The lowest BCUT2D eigenvalue weighted by atomic mass is 10.1. The van der Waals surface area contributed by atoms with Gasteiger partial charge in [-0.15, -0.1) is 0 Å². The summed E-state index contributed by atoms with van der Waals surface area (Å²) in [5, 5.41) is 16.4. The molecule has 0 aliphatic carbocycles. The maximum absolute atomic E-state index is 12.4. The summed E-state index contributed by atoms with van der Waals surface area (Å²) >= 11 is 0. The highest BCUT2D eigenvalue weighted by molar-refractivity contribution is 5.96. The molecule has 3 N–H and O–H groups in total. The fraction of sp³-hybridized carbons (Fsp3) is 0.263. The molecule has 3 aromatic rings. The van der Waals surface area contributed by atoms with Gasteiger partial charge in [0.05, 0.1) is 16.8 Å². The summed E-state index contributed by atoms with van der Waals surface area (Å²) < 4.78 is 0. The van der Waals surface area contributed by atoms with Crippen molar-refractivity contribution in [2.75, 3.05) is 11.9 Å². The van der Waals surface area contributed by atoms with Gasteiger partial charge in [-0.3, -0.25) is 9.78 Å². The van der Waals surface area contributed by atoms with Crippen LogP contribution in [0, 0.1) is 18.3 Å². The Morgan fingerprint density at radius 2 is 2.19 bits per heavy atom. The molecule has 1 atom stereocenters. The molecular formula is C19H20N6O. The molecule has 3 rings (SSSR count). The Labute approximate surface area is 151 Å². The van der Waals surface area contributed by atoms with Gasteiger partial charge in [0.15, 0.2) is 0 Å². The van der Waals surface area contributed by atoms with Crippen LogP contribution in [-0.4, -0.2) is 33.4 Å². The lowest BCUT2D eigenvalue weighted by Crippen LogP contribution is -2.36. The van der Waals surface area contributed by atoms with Crippen LogP contribution < -0.4 is 10.6 Å². The summed E-state index contributed by atoms with van der Waals surface area (Å²) in [4.78, 5) is 23.8. The van der Waals surface area contributed by atoms with Gasteiger partial charge in [-0.2, -0.15) is 5.26 Å².